The third-order valence-electron chi connectivity index (χ3n) is 4.58. The summed E-state index contributed by atoms with van der Waals surface area (Å²) >= 11 is 1.94. The molecule has 100 valence electrons. The number of hydrogen-bond donors (Lipinski definition) is 1. The van der Waals surface area contributed by atoms with E-state index in [1.54, 1.807) is 10.4 Å². The molecule has 18 heavy (non-hydrogen) atoms. The summed E-state index contributed by atoms with van der Waals surface area (Å²) in [4.78, 5) is 4.08. The fourth-order valence-corrected chi connectivity index (χ4v) is 4.51. The predicted molar refractivity (Wildman–Crippen MR) is 78.2 cm³/mol. The molecule has 0 spiro atoms. The quantitative estimate of drug-likeness (QED) is 0.883. The van der Waals surface area contributed by atoms with Crippen molar-refractivity contribution in [3.8, 4) is 0 Å². The molecular formula is C15H24N2S. The van der Waals surface area contributed by atoms with E-state index in [1.807, 2.05) is 11.3 Å². The highest BCUT2D eigenvalue weighted by Gasteiger charge is 2.28. The molecule has 0 saturated carbocycles. The van der Waals surface area contributed by atoms with Crippen molar-refractivity contribution in [1.82, 2.24) is 10.2 Å². The van der Waals surface area contributed by atoms with Gasteiger partial charge in [-0.1, -0.05) is 6.92 Å². The van der Waals surface area contributed by atoms with Crippen LogP contribution < -0.4 is 5.32 Å². The minimum Gasteiger partial charge on any atom is -0.307 e. The lowest BCUT2D eigenvalue weighted by Crippen LogP contribution is -2.48. The number of nitrogens with zero attached hydrogens (tertiary/aromatic N) is 1. The van der Waals surface area contributed by atoms with Crippen LogP contribution in [0.2, 0.25) is 0 Å². The van der Waals surface area contributed by atoms with E-state index in [4.69, 9.17) is 0 Å². The monoisotopic (exact) mass is 264 g/mol. The van der Waals surface area contributed by atoms with Crippen molar-refractivity contribution in [3.05, 3.63) is 21.9 Å². The number of fused-ring (bicyclic) bond motifs is 1. The Morgan fingerprint density at radius 2 is 2.28 bits per heavy atom. The fraction of sp³-hybridized carbons (Fsp3) is 0.733. The van der Waals surface area contributed by atoms with Gasteiger partial charge in [0.15, 0.2) is 0 Å². The Morgan fingerprint density at radius 3 is 3.11 bits per heavy atom. The average Bonchev–Trinajstić information content (AvgIpc) is 2.82. The minimum atomic E-state index is 0.621. The molecular weight excluding hydrogens is 240 g/mol. The SMILES string of the molecule is CC1CN(C)CCC1NC1CCCc2sccc21. The van der Waals surface area contributed by atoms with E-state index in [1.165, 1.54) is 38.8 Å². The van der Waals surface area contributed by atoms with Crippen molar-refractivity contribution in [2.45, 2.75) is 44.7 Å². The fourth-order valence-electron chi connectivity index (χ4n) is 3.52. The molecule has 0 bridgehead atoms. The molecule has 0 aromatic carbocycles. The second kappa shape index (κ2) is 5.32. The Hall–Kier alpha value is -0.380. The van der Waals surface area contributed by atoms with E-state index in [2.05, 4.69) is 35.6 Å². The molecule has 1 fully saturated rings. The Kier molecular flexibility index (Phi) is 3.73. The van der Waals surface area contributed by atoms with Gasteiger partial charge in [-0.15, -0.1) is 11.3 Å². The maximum Gasteiger partial charge on any atom is 0.0333 e. The van der Waals surface area contributed by atoms with Crippen molar-refractivity contribution >= 4 is 11.3 Å². The van der Waals surface area contributed by atoms with Crippen LogP contribution >= 0.6 is 11.3 Å². The molecule has 1 aromatic heterocycles. The van der Waals surface area contributed by atoms with E-state index in [9.17, 15) is 0 Å². The molecule has 1 N–H and O–H groups in total. The number of piperidine rings is 1. The molecule has 0 amide bonds. The zero-order chi connectivity index (χ0) is 12.5. The second-order valence-corrected chi connectivity index (χ2v) is 7.05. The van der Waals surface area contributed by atoms with Crippen LogP contribution in [0.3, 0.4) is 0 Å². The Labute approximate surface area is 114 Å². The summed E-state index contributed by atoms with van der Waals surface area (Å²) < 4.78 is 0. The number of thiophene rings is 1. The zero-order valence-corrected chi connectivity index (χ0v) is 12.3. The van der Waals surface area contributed by atoms with Gasteiger partial charge >= 0.3 is 0 Å². The first-order chi connectivity index (χ1) is 8.74. The van der Waals surface area contributed by atoms with Crippen LogP contribution in [0.1, 0.15) is 42.7 Å². The van der Waals surface area contributed by atoms with E-state index >= 15 is 0 Å². The first-order valence-corrected chi connectivity index (χ1v) is 8.13. The first kappa shape index (κ1) is 12.6. The number of hydrogen-bond acceptors (Lipinski definition) is 3. The number of likely N-dealkylation sites (tertiary alicyclic amines) is 1. The summed E-state index contributed by atoms with van der Waals surface area (Å²) in [5, 5.41) is 6.22. The van der Waals surface area contributed by atoms with Crippen LogP contribution in [0.25, 0.3) is 0 Å². The van der Waals surface area contributed by atoms with Gasteiger partial charge in [0, 0.05) is 23.5 Å². The normalized spacial score (nSPS) is 33.3. The maximum atomic E-state index is 3.95. The maximum absolute atomic E-state index is 3.95. The lowest BCUT2D eigenvalue weighted by Gasteiger charge is -2.38. The first-order valence-electron chi connectivity index (χ1n) is 7.25. The van der Waals surface area contributed by atoms with E-state index < -0.39 is 0 Å². The molecule has 1 aliphatic carbocycles. The third-order valence-corrected chi connectivity index (χ3v) is 5.57. The molecule has 1 aliphatic heterocycles. The van der Waals surface area contributed by atoms with Crippen LogP contribution in [0.5, 0.6) is 0 Å². The molecule has 3 rings (SSSR count). The molecule has 1 aromatic rings. The zero-order valence-electron chi connectivity index (χ0n) is 11.5. The molecule has 0 radical (unpaired) electrons. The molecule has 3 heteroatoms. The summed E-state index contributed by atoms with van der Waals surface area (Å²) in [6.45, 7) is 4.87. The van der Waals surface area contributed by atoms with Gasteiger partial charge in [-0.3, -0.25) is 0 Å². The lowest BCUT2D eigenvalue weighted by atomic mass is 9.89. The van der Waals surface area contributed by atoms with Gasteiger partial charge in [-0.25, -0.2) is 0 Å². The summed E-state index contributed by atoms with van der Waals surface area (Å²) in [5.41, 5.74) is 1.59. The van der Waals surface area contributed by atoms with Crippen LogP contribution in [-0.4, -0.2) is 31.1 Å². The van der Waals surface area contributed by atoms with Crippen LogP contribution in [-0.2, 0) is 6.42 Å². The van der Waals surface area contributed by atoms with Gasteiger partial charge in [0.05, 0.1) is 0 Å². The highest BCUT2D eigenvalue weighted by molar-refractivity contribution is 7.10. The molecule has 1 saturated heterocycles. The van der Waals surface area contributed by atoms with Gasteiger partial charge in [0.25, 0.3) is 0 Å². The summed E-state index contributed by atoms with van der Waals surface area (Å²) in [6.07, 6.45) is 5.27. The largest absolute Gasteiger partial charge is 0.307 e. The Morgan fingerprint density at radius 1 is 1.39 bits per heavy atom. The predicted octanol–water partition coefficient (Wildman–Crippen LogP) is 3.06. The molecule has 2 aliphatic rings. The van der Waals surface area contributed by atoms with E-state index in [-0.39, 0.29) is 0 Å². The van der Waals surface area contributed by atoms with E-state index in [0.29, 0.717) is 12.1 Å². The topological polar surface area (TPSA) is 15.3 Å². The van der Waals surface area contributed by atoms with Crippen LogP contribution in [0.15, 0.2) is 11.4 Å². The van der Waals surface area contributed by atoms with Crippen LogP contribution in [0.4, 0.5) is 0 Å². The third kappa shape index (κ3) is 2.49. The number of aryl methyl sites for hydroxylation is 1. The van der Waals surface area contributed by atoms with Crippen molar-refractivity contribution in [2.24, 2.45) is 5.92 Å². The standard InChI is InChI=1S/C15H24N2S/c1-11-10-17(2)8-6-13(11)16-14-4-3-5-15-12(14)7-9-18-15/h7,9,11,13-14,16H,3-6,8,10H2,1-2H3. The summed E-state index contributed by atoms with van der Waals surface area (Å²) in [5.74, 6) is 0.771. The summed E-state index contributed by atoms with van der Waals surface area (Å²) in [6, 6.07) is 3.67. The van der Waals surface area contributed by atoms with E-state index in [0.717, 1.165) is 5.92 Å². The van der Waals surface area contributed by atoms with Gasteiger partial charge in [-0.05, 0) is 62.2 Å². The van der Waals surface area contributed by atoms with Gasteiger partial charge in [0.2, 0.25) is 0 Å². The Bertz CT molecular complexity index is 401. The summed E-state index contributed by atoms with van der Waals surface area (Å²) in [7, 11) is 2.24. The minimum absolute atomic E-state index is 0.621. The second-order valence-electron chi connectivity index (χ2n) is 6.05. The Balaban J connectivity index is 1.67. The van der Waals surface area contributed by atoms with Crippen LogP contribution in [0, 0.1) is 5.92 Å². The number of rotatable bonds is 2. The van der Waals surface area contributed by atoms with Crippen molar-refractivity contribution in [2.75, 3.05) is 20.1 Å². The van der Waals surface area contributed by atoms with Crippen molar-refractivity contribution in [3.63, 3.8) is 0 Å². The van der Waals surface area contributed by atoms with Crippen molar-refractivity contribution < 1.29 is 0 Å². The van der Waals surface area contributed by atoms with Gasteiger partial charge in [-0.2, -0.15) is 0 Å². The highest BCUT2D eigenvalue weighted by atomic mass is 32.1. The van der Waals surface area contributed by atoms with Gasteiger partial charge < -0.3 is 10.2 Å². The highest BCUT2D eigenvalue weighted by Crippen LogP contribution is 2.34. The average molecular weight is 264 g/mol. The van der Waals surface area contributed by atoms with Crippen molar-refractivity contribution in [1.29, 1.82) is 0 Å². The molecule has 3 unspecified atom stereocenters. The molecule has 2 heterocycles. The number of nitrogens with one attached hydrogen (secondary N) is 1. The van der Waals surface area contributed by atoms with Gasteiger partial charge in [0.1, 0.15) is 0 Å². The molecule has 2 nitrogen and oxygen atoms in total. The smallest absolute Gasteiger partial charge is 0.0333 e. The molecule has 3 atom stereocenters. The lowest BCUT2D eigenvalue weighted by molar-refractivity contribution is 0.163.